The van der Waals surface area contributed by atoms with E-state index in [4.69, 9.17) is 4.74 Å². The van der Waals surface area contributed by atoms with E-state index in [0.29, 0.717) is 18.1 Å². The second-order valence-electron chi connectivity index (χ2n) is 7.96. The number of benzene rings is 2. The number of likely N-dealkylation sites (tertiary alicyclic amines) is 1. The largest absolute Gasteiger partial charge is 0.368 e. The summed E-state index contributed by atoms with van der Waals surface area (Å²) in [6.07, 6.45) is 0.140. The quantitative estimate of drug-likeness (QED) is 0.716. The minimum absolute atomic E-state index is 0.0484. The van der Waals surface area contributed by atoms with Crippen LogP contribution in [-0.2, 0) is 20.7 Å². The molecule has 4 rings (SSSR count). The third kappa shape index (κ3) is 4.00. The lowest BCUT2D eigenvalue weighted by atomic mass is 10.0. The van der Waals surface area contributed by atoms with Gasteiger partial charge < -0.3 is 15.0 Å². The summed E-state index contributed by atoms with van der Waals surface area (Å²) < 4.78 is 47.7. The third-order valence-corrected chi connectivity index (χ3v) is 5.91. The van der Waals surface area contributed by atoms with Crippen LogP contribution < -0.4 is 5.32 Å². The predicted octanol–water partition coefficient (Wildman–Crippen LogP) is 2.32. The summed E-state index contributed by atoms with van der Waals surface area (Å²) in [7, 11) is 0. The zero-order valence-corrected chi connectivity index (χ0v) is 17.2. The molecule has 2 fully saturated rings. The molecule has 2 amide bonds. The molecule has 6 nitrogen and oxygen atoms in total. The Morgan fingerprint density at radius 3 is 2.62 bits per heavy atom. The Hall–Kier alpha value is -3.20. The Labute approximate surface area is 182 Å². The predicted molar refractivity (Wildman–Crippen MR) is 107 cm³/mol. The molecular formula is C23H21F3N2O4. The summed E-state index contributed by atoms with van der Waals surface area (Å²) in [4.78, 5) is 39.7. The number of nitrogens with zero attached hydrogens (tertiary/aromatic N) is 1. The van der Waals surface area contributed by atoms with Gasteiger partial charge in [0.15, 0.2) is 17.4 Å². The maximum Gasteiger partial charge on any atom is 0.255 e. The number of rotatable bonds is 5. The van der Waals surface area contributed by atoms with Crippen LogP contribution in [0.5, 0.6) is 0 Å². The molecule has 0 bridgehead atoms. The van der Waals surface area contributed by atoms with Crippen molar-refractivity contribution >= 4 is 17.6 Å². The van der Waals surface area contributed by atoms with E-state index < -0.39 is 58.6 Å². The van der Waals surface area contributed by atoms with Crippen LogP contribution in [0.15, 0.2) is 36.4 Å². The lowest BCUT2D eigenvalue weighted by Crippen LogP contribution is -2.53. The topological polar surface area (TPSA) is 75.7 Å². The number of carbonyl (C=O) groups excluding carboxylic acids is 3. The van der Waals surface area contributed by atoms with Gasteiger partial charge >= 0.3 is 0 Å². The van der Waals surface area contributed by atoms with Crippen LogP contribution in [0.1, 0.15) is 27.9 Å². The summed E-state index contributed by atoms with van der Waals surface area (Å²) in [5.74, 6) is -5.91. The molecule has 0 radical (unpaired) electrons. The van der Waals surface area contributed by atoms with Crippen molar-refractivity contribution in [1.82, 2.24) is 10.2 Å². The Morgan fingerprint density at radius 1 is 1.19 bits per heavy atom. The summed E-state index contributed by atoms with van der Waals surface area (Å²) in [6.45, 7) is 1.24. The van der Waals surface area contributed by atoms with Crippen molar-refractivity contribution in [3.05, 3.63) is 70.5 Å². The van der Waals surface area contributed by atoms with Crippen LogP contribution in [0.2, 0.25) is 0 Å². The fourth-order valence-electron chi connectivity index (χ4n) is 4.18. The number of carbonyl (C=O) groups is 3. The number of hydrogen-bond acceptors (Lipinski definition) is 4. The van der Waals surface area contributed by atoms with E-state index in [0.717, 1.165) is 6.92 Å². The van der Waals surface area contributed by atoms with Crippen molar-refractivity contribution in [2.24, 2.45) is 0 Å². The maximum atomic E-state index is 14.3. The molecule has 2 aromatic rings. The number of ether oxygens (including phenoxy) is 1. The summed E-state index contributed by atoms with van der Waals surface area (Å²) in [5.41, 5.74) is -0.674. The molecule has 32 heavy (non-hydrogen) atoms. The van der Waals surface area contributed by atoms with Crippen LogP contribution in [-0.4, -0.2) is 53.8 Å². The van der Waals surface area contributed by atoms with Crippen molar-refractivity contribution in [1.29, 1.82) is 0 Å². The molecule has 168 valence electrons. The van der Waals surface area contributed by atoms with Gasteiger partial charge in [-0.25, -0.2) is 13.2 Å². The van der Waals surface area contributed by atoms with Crippen LogP contribution >= 0.6 is 0 Å². The SMILES string of the molecule is Cc1c(F)cc(C(=O)NC(Cc2ccccc2)C(=O)N2CCC3OCC(=O)C32)c(F)c1F. The minimum Gasteiger partial charge on any atom is -0.368 e. The smallest absolute Gasteiger partial charge is 0.255 e. The lowest BCUT2D eigenvalue weighted by Gasteiger charge is -2.27. The highest BCUT2D eigenvalue weighted by atomic mass is 19.2. The van der Waals surface area contributed by atoms with Crippen molar-refractivity contribution in [2.45, 2.75) is 38.0 Å². The number of Topliss-reactive ketones (excluding diaryl/α,β-unsaturated/α-hetero) is 1. The van der Waals surface area contributed by atoms with E-state index in [1.165, 1.54) is 4.90 Å². The van der Waals surface area contributed by atoms with E-state index in [1.54, 1.807) is 30.3 Å². The fraction of sp³-hybridized carbons (Fsp3) is 0.348. The molecule has 0 aliphatic carbocycles. The van der Waals surface area contributed by atoms with Gasteiger partial charge in [-0.1, -0.05) is 30.3 Å². The van der Waals surface area contributed by atoms with Gasteiger partial charge in [-0.3, -0.25) is 14.4 Å². The van der Waals surface area contributed by atoms with Gasteiger partial charge in [0, 0.05) is 18.5 Å². The average molecular weight is 446 g/mol. The lowest BCUT2D eigenvalue weighted by molar-refractivity contribution is -0.138. The number of hydrogen-bond donors (Lipinski definition) is 1. The highest BCUT2D eigenvalue weighted by Gasteiger charge is 2.48. The van der Waals surface area contributed by atoms with E-state index in [-0.39, 0.29) is 25.4 Å². The van der Waals surface area contributed by atoms with E-state index in [2.05, 4.69) is 5.32 Å². The number of ketones is 1. The molecule has 2 aromatic carbocycles. The van der Waals surface area contributed by atoms with Crippen molar-refractivity contribution in [3.8, 4) is 0 Å². The summed E-state index contributed by atoms with van der Waals surface area (Å²) >= 11 is 0. The van der Waals surface area contributed by atoms with Crippen molar-refractivity contribution < 1.29 is 32.3 Å². The molecule has 3 unspecified atom stereocenters. The van der Waals surface area contributed by atoms with Crippen LogP contribution in [0.25, 0.3) is 0 Å². The second kappa shape index (κ2) is 8.74. The minimum atomic E-state index is -1.49. The highest BCUT2D eigenvalue weighted by molar-refractivity contribution is 5.99. The molecule has 0 aromatic heterocycles. The number of halogens is 3. The molecule has 2 aliphatic rings. The van der Waals surface area contributed by atoms with E-state index in [1.807, 2.05) is 0 Å². The Morgan fingerprint density at radius 2 is 1.91 bits per heavy atom. The van der Waals surface area contributed by atoms with Gasteiger partial charge in [-0.05, 0) is 25.0 Å². The van der Waals surface area contributed by atoms with E-state index >= 15 is 0 Å². The molecule has 1 N–H and O–H groups in total. The maximum absolute atomic E-state index is 14.3. The molecule has 2 heterocycles. The molecule has 3 atom stereocenters. The first-order chi connectivity index (χ1) is 15.3. The summed E-state index contributed by atoms with van der Waals surface area (Å²) in [6, 6.07) is 7.47. The zero-order valence-electron chi connectivity index (χ0n) is 17.2. The Bertz CT molecular complexity index is 1080. The highest BCUT2D eigenvalue weighted by Crippen LogP contribution is 2.28. The molecular weight excluding hydrogens is 425 g/mol. The first kappa shape index (κ1) is 22.0. The van der Waals surface area contributed by atoms with Gasteiger partial charge in [-0.2, -0.15) is 0 Å². The fourth-order valence-corrected chi connectivity index (χ4v) is 4.18. The second-order valence-corrected chi connectivity index (χ2v) is 7.96. The summed E-state index contributed by atoms with van der Waals surface area (Å²) in [5, 5.41) is 2.41. The Kier molecular flexibility index (Phi) is 6.01. The number of fused-ring (bicyclic) bond motifs is 1. The zero-order chi connectivity index (χ0) is 23.0. The molecule has 9 heteroatoms. The van der Waals surface area contributed by atoms with Gasteiger partial charge in [0.1, 0.15) is 24.5 Å². The Balaban J connectivity index is 1.62. The molecule has 2 aliphatic heterocycles. The molecule has 2 saturated heterocycles. The van der Waals surface area contributed by atoms with Crippen LogP contribution in [0, 0.1) is 24.4 Å². The van der Waals surface area contributed by atoms with E-state index in [9.17, 15) is 27.6 Å². The molecule has 0 spiro atoms. The van der Waals surface area contributed by atoms with Crippen LogP contribution in [0.4, 0.5) is 13.2 Å². The number of nitrogens with one attached hydrogen (secondary N) is 1. The first-order valence-electron chi connectivity index (χ1n) is 10.2. The standard InChI is InChI=1S/C23H21F3N2O4/c1-12-15(24)10-14(20(26)19(12)25)22(30)27-16(9-13-5-3-2-4-6-13)23(31)28-8-7-18-21(28)17(29)11-32-18/h2-6,10,16,18,21H,7-9,11H2,1H3,(H,27,30). The van der Waals surface area contributed by atoms with Gasteiger partial charge in [0.05, 0.1) is 11.7 Å². The average Bonchev–Trinajstić information content (AvgIpc) is 3.37. The van der Waals surface area contributed by atoms with Gasteiger partial charge in [0.25, 0.3) is 5.91 Å². The van der Waals surface area contributed by atoms with Crippen molar-refractivity contribution in [2.75, 3.05) is 13.2 Å². The first-order valence-corrected chi connectivity index (χ1v) is 10.2. The van der Waals surface area contributed by atoms with Crippen LogP contribution in [0.3, 0.4) is 0 Å². The molecule has 0 saturated carbocycles. The third-order valence-electron chi connectivity index (χ3n) is 5.91. The normalized spacial score (nSPS) is 20.9. The van der Waals surface area contributed by atoms with Gasteiger partial charge in [-0.15, -0.1) is 0 Å². The monoisotopic (exact) mass is 446 g/mol. The number of amides is 2. The van der Waals surface area contributed by atoms with Gasteiger partial charge in [0.2, 0.25) is 5.91 Å². The van der Waals surface area contributed by atoms with Crippen molar-refractivity contribution in [3.63, 3.8) is 0 Å².